The molecule has 2 aromatic carbocycles. The number of carbonyl (C=O) groups excluding carboxylic acids is 1. The molecule has 0 bridgehead atoms. The Hall–Kier alpha value is -2.34. The number of hydrazone groups is 1. The van der Waals surface area contributed by atoms with E-state index >= 15 is 0 Å². The zero-order chi connectivity index (χ0) is 15.9. The molecular weight excluding hydrogens is 348 g/mol. The largest absolute Gasteiger partial charge is 0.504 e. The third-order valence-electron chi connectivity index (χ3n) is 2.75. The van der Waals surface area contributed by atoms with E-state index in [2.05, 4.69) is 26.5 Å². The Kier molecular flexibility index (Phi) is 5.55. The highest BCUT2D eigenvalue weighted by atomic mass is 79.9. The summed E-state index contributed by atoms with van der Waals surface area (Å²) in [6, 6.07) is 11.9. The standard InChI is InChI=1S/C16H15BrN2O3/c1-2-22-15-7-6-11(8-14(15)20)10-18-19-16(21)12-4-3-5-13(17)9-12/h3-10,20H,2H2,1H3,(H,19,21)/b18-10+. The zero-order valence-electron chi connectivity index (χ0n) is 11.9. The Balaban J connectivity index is 2.00. The SMILES string of the molecule is CCOc1ccc(/C=N/NC(=O)c2cccc(Br)c2)cc1O. The normalized spacial score (nSPS) is 10.6. The molecule has 1 amide bonds. The lowest BCUT2D eigenvalue weighted by atomic mass is 10.2. The molecule has 5 nitrogen and oxygen atoms in total. The third kappa shape index (κ3) is 4.33. The van der Waals surface area contributed by atoms with E-state index in [0.29, 0.717) is 23.5 Å². The lowest BCUT2D eigenvalue weighted by molar-refractivity contribution is 0.0955. The monoisotopic (exact) mass is 362 g/mol. The molecule has 0 radical (unpaired) electrons. The van der Waals surface area contributed by atoms with Crippen molar-refractivity contribution in [3.05, 3.63) is 58.1 Å². The van der Waals surface area contributed by atoms with Gasteiger partial charge in [0.1, 0.15) is 0 Å². The van der Waals surface area contributed by atoms with Crippen molar-refractivity contribution < 1.29 is 14.6 Å². The second-order valence-electron chi connectivity index (χ2n) is 4.37. The van der Waals surface area contributed by atoms with Crippen LogP contribution in [0.5, 0.6) is 11.5 Å². The van der Waals surface area contributed by atoms with Crippen molar-refractivity contribution in [1.29, 1.82) is 0 Å². The number of carbonyl (C=O) groups is 1. The first-order valence-electron chi connectivity index (χ1n) is 6.65. The van der Waals surface area contributed by atoms with Crippen molar-refractivity contribution in [2.45, 2.75) is 6.92 Å². The van der Waals surface area contributed by atoms with Crippen LogP contribution in [-0.4, -0.2) is 23.8 Å². The fourth-order valence-corrected chi connectivity index (χ4v) is 2.15. The molecule has 0 saturated carbocycles. The van der Waals surface area contributed by atoms with Crippen LogP contribution in [0.4, 0.5) is 0 Å². The van der Waals surface area contributed by atoms with Crippen LogP contribution in [0.25, 0.3) is 0 Å². The highest BCUT2D eigenvalue weighted by molar-refractivity contribution is 9.10. The summed E-state index contributed by atoms with van der Waals surface area (Å²) in [6.45, 7) is 2.32. The van der Waals surface area contributed by atoms with E-state index in [4.69, 9.17) is 4.74 Å². The first-order valence-corrected chi connectivity index (χ1v) is 7.44. The van der Waals surface area contributed by atoms with Crippen LogP contribution in [0.3, 0.4) is 0 Å². The average molecular weight is 363 g/mol. The highest BCUT2D eigenvalue weighted by Gasteiger charge is 2.04. The molecule has 0 aliphatic rings. The number of phenols is 1. The van der Waals surface area contributed by atoms with Crippen molar-refractivity contribution in [3.63, 3.8) is 0 Å². The minimum absolute atomic E-state index is 0.0316. The van der Waals surface area contributed by atoms with E-state index in [1.165, 1.54) is 12.3 Å². The van der Waals surface area contributed by atoms with Gasteiger partial charge in [0.25, 0.3) is 5.91 Å². The number of benzene rings is 2. The summed E-state index contributed by atoms with van der Waals surface area (Å²) in [5, 5.41) is 13.6. The Labute approximate surface area is 136 Å². The molecular formula is C16H15BrN2O3. The predicted octanol–water partition coefficient (Wildman–Crippen LogP) is 3.32. The molecule has 6 heteroatoms. The Morgan fingerprint density at radius 3 is 2.86 bits per heavy atom. The predicted molar refractivity (Wildman–Crippen MR) is 88.5 cm³/mol. The second kappa shape index (κ2) is 7.61. The first-order chi connectivity index (χ1) is 10.6. The third-order valence-corrected chi connectivity index (χ3v) is 3.24. The van der Waals surface area contributed by atoms with Gasteiger partial charge in [-0.15, -0.1) is 0 Å². The summed E-state index contributed by atoms with van der Waals surface area (Å²) < 4.78 is 6.05. The summed E-state index contributed by atoms with van der Waals surface area (Å²) in [7, 11) is 0. The molecule has 0 aliphatic carbocycles. The van der Waals surface area contributed by atoms with E-state index in [9.17, 15) is 9.90 Å². The second-order valence-corrected chi connectivity index (χ2v) is 5.29. The van der Waals surface area contributed by atoms with Gasteiger partial charge in [0.2, 0.25) is 0 Å². The Bertz CT molecular complexity index is 702. The van der Waals surface area contributed by atoms with Gasteiger partial charge in [0, 0.05) is 10.0 Å². The van der Waals surface area contributed by atoms with Crippen LogP contribution in [0.2, 0.25) is 0 Å². The number of halogens is 1. The van der Waals surface area contributed by atoms with Gasteiger partial charge in [0.15, 0.2) is 11.5 Å². The summed E-state index contributed by atoms with van der Waals surface area (Å²) >= 11 is 3.30. The van der Waals surface area contributed by atoms with Crippen LogP contribution in [-0.2, 0) is 0 Å². The van der Waals surface area contributed by atoms with Crippen LogP contribution < -0.4 is 10.2 Å². The van der Waals surface area contributed by atoms with Crippen LogP contribution in [0.1, 0.15) is 22.8 Å². The fraction of sp³-hybridized carbons (Fsp3) is 0.125. The number of aromatic hydroxyl groups is 1. The molecule has 2 N–H and O–H groups in total. The van der Waals surface area contributed by atoms with E-state index < -0.39 is 0 Å². The van der Waals surface area contributed by atoms with Gasteiger partial charge in [-0.05, 0) is 48.9 Å². The first kappa shape index (κ1) is 16.0. The van der Waals surface area contributed by atoms with Gasteiger partial charge >= 0.3 is 0 Å². The number of nitrogens with one attached hydrogen (secondary N) is 1. The van der Waals surface area contributed by atoms with Crippen molar-refractivity contribution in [2.24, 2.45) is 5.10 Å². The van der Waals surface area contributed by atoms with Crippen LogP contribution >= 0.6 is 15.9 Å². The maximum Gasteiger partial charge on any atom is 0.271 e. The number of hydrogen-bond donors (Lipinski definition) is 2. The number of amides is 1. The van der Waals surface area contributed by atoms with Crippen LogP contribution in [0.15, 0.2) is 52.0 Å². The van der Waals surface area contributed by atoms with E-state index in [1.807, 2.05) is 13.0 Å². The molecule has 0 saturated heterocycles. The minimum Gasteiger partial charge on any atom is -0.504 e. The van der Waals surface area contributed by atoms with Gasteiger partial charge in [-0.3, -0.25) is 4.79 Å². The highest BCUT2D eigenvalue weighted by Crippen LogP contribution is 2.26. The molecule has 0 spiro atoms. The molecule has 0 aromatic heterocycles. The molecule has 114 valence electrons. The number of rotatable bonds is 5. The smallest absolute Gasteiger partial charge is 0.271 e. The maximum atomic E-state index is 11.9. The van der Waals surface area contributed by atoms with Gasteiger partial charge in [0.05, 0.1) is 12.8 Å². The molecule has 0 aliphatic heterocycles. The van der Waals surface area contributed by atoms with Crippen molar-refractivity contribution in [3.8, 4) is 11.5 Å². The van der Waals surface area contributed by atoms with Crippen LogP contribution in [0, 0.1) is 0 Å². The topological polar surface area (TPSA) is 70.9 Å². The molecule has 0 fully saturated rings. The van der Waals surface area contributed by atoms with E-state index in [0.717, 1.165) is 4.47 Å². The van der Waals surface area contributed by atoms with E-state index in [1.54, 1.807) is 30.3 Å². The van der Waals surface area contributed by atoms with Crippen molar-refractivity contribution in [2.75, 3.05) is 6.61 Å². The van der Waals surface area contributed by atoms with Gasteiger partial charge < -0.3 is 9.84 Å². The average Bonchev–Trinajstić information content (AvgIpc) is 2.50. The van der Waals surface area contributed by atoms with Crippen molar-refractivity contribution >= 4 is 28.1 Å². The zero-order valence-corrected chi connectivity index (χ0v) is 13.5. The van der Waals surface area contributed by atoms with Crippen molar-refractivity contribution in [1.82, 2.24) is 5.43 Å². The molecule has 2 aromatic rings. The van der Waals surface area contributed by atoms with E-state index in [-0.39, 0.29) is 11.7 Å². The fourth-order valence-electron chi connectivity index (χ4n) is 1.75. The summed E-state index contributed by atoms with van der Waals surface area (Å²) in [5.41, 5.74) is 3.58. The molecule has 0 atom stereocenters. The van der Waals surface area contributed by atoms with Gasteiger partial charge in [-0.1, -0.05) is 22.0 Å². The number of phenolic OH excluding ortho intramolecular Hbond substituents is 1. The van der Waals surface area contributed by atoms with Gasteiger partial charge in [-0.25, -0.2) is 5.43 Å². The molecule has 0 unspecified atom stereocenters. The maximum absolute atomic E-state index is 11.9. The lowest BCUT2D eigenvalue weighted by Crippen LogP contribution is -2.17. The quantitative estimate of drug-likeness (QED) is 0.633. The summed E-state index contributed by atoms with van der Waals surface area (Å²) in [4.78, 5) is 11.9. The minimum atomic E-state index is -0.312. The number of hydrogen-bond acceptors (Lipinski definition) is 4. The molecule has 22 heavy (non-hydrogen) atoms. The number of nitrogens with zero attached hydrogens (tertiary/aromatic N) is 1. The molecule has 2 rings (SSSR count). The van der Waals surface area contributed by atoms with Gasteiger partial charge in [-0.2, -0.15) is 5.10 Å². The lowest BCUT2D eigenvalue weighted by Gasteiger charge is -2.05. The molecule has 0 heterocycles. The Morgan fingerprint density at radius 2 is 2.18 bits per heavy atom. The summed E-state index contributed by atoms with van der Waals surface area (Å²) in [5.74, 6) is 0.134. The summed E-state index contributed by atoms with van der Waals surface area (Å²) in [6.07, 6.45) is 1.45. The number of ether oxygens (including phenoxy) is 1. The Morgan fingerprint density at radius 1 is 1.36 bits per heavy atom.